The van der Waals surface area contributed by atoms with Crippen LogP contribution in [0.15, 0.2) is 18.2 Å². The van der Waals surface area contributed by atoms with Gasteiger partial charge < -0.3 is 5.11 Å². The highest BCUT2D eigenvalue weighted by Gasteiger charge is 2.20. The van der Waals surface area contributed by atoms with E-state index in [9.17, 15) is 9.50 Å². The monoisotopic (exact) mass is 300 g/mol. The van der Waals surface area contributed by atoms with Crippen LogP contribution in [0.25, 0.3) is 0 Å². The lowest BCUT2D eigenvalue weighted by atomic mass is 10.0. The molecule has 3 nitrogen and oxygen atoms in total. The number of aromatic nitrogens is 2. The van der Waals surface area contributed by atoms with Crippen LogP contribution in [0.3, 0.4) is 0 Å². The third-order valence-electron chi connectivity index (χ3n) is 2.82. The van der Waals surface area contributed by atoms with E-state index in [1.54, 1.807) is 6.07 Å². The maximum Gasteiger partial charge on any atom is 0.124 e. The average molecular weight is 301 g/mol. The molecule has 0 aliphatic heterocycles. The zero-order valence-corrected chi connectivity index (χ0v) is 12.2. The van der Waals surface area contributed by atoms with Crippen molar-refractivity contribution in [2.45, 2.75) is 32.3 Å². The Morgan fingerprint density at radius 3 is 2.79 bits per heavy atom. The van der Waals surface area contributed by atoms with E-state index in [1.807, 2.05) is 13.8 Å². The zero-order valence-electron chi connectivity index (χ0n) is 10.6. The number of benzene rings is 1. The van der Waals surface area contributed by atoms with Crippen molar-refractivity contribution in [3.63, 3.8) is 0 Å². The molecule has 0 spiro atoms. The van der Waals surface area contributed by atoms with Crippen LogP contribution >= 0.6 is 23.1 Å². The van der Waals surface area contributed by atoms with Gasteiger partial charge in [-0.3, -0.25) is 0 Å². The predicted octanol–water partition coefficient (Wildman–Crippen LogP) is 3.73. The van der Waals surface area contributed by atoms with E-state index >= 15 is 0 Å². The molecule has 2 aromatic rings. The molecular weight excluding hydrogens is 287 g/mol. The largest absolute Gasteiger partial charge is 0.387 e. The molecule has 0 radical (unpaired) electrons. The number of hydrogen-bond acceptors (Lipinski definition) is 4. The van der Waals surface area contributed by atoms with Crippen molar-refractivity contribution in [2.75, 3.05) is 0 Å². The summed E-state index contributed by atoms with van der Waals surface area (Å²) in [7, 11) is 0. The van der Waals surface area contributed by atoms with Crippen molar-refractivity contribution in [1.82, 2.24) is 9.59 Å². The molecule has 0 fully saturated rings. The van der Waals surface area contributed by atoms with Gasteiger partial charge in [-0.15, -0.1) is 5.10 Å². The fraction of sp³-hybridized carbons (Fsp3) is 0.385. The van der Waals surface area contributed by atoms with E-state index < -0.39 is 6.10 Å². The van der Waals surface area contributed by atoms with Gasteiger partial charge in [-0.2, -0.15) is 0 Å². The molecule has 19 heavy (non-hydrogen) atoms. The smallest absolute Gasteiger partial charge is 0.124 e. The first-order valence-corrected chi connectivity index (χ1v) is 7.08. The molecule has 0 aliphatic rings. The molecule has 1 N–H and O–H groups in total. The molecule has 102 valence electrons. The molecule has 0 aliphatic carbocycles. The Kier molecular flexibility index (Phi) is 4.50. The summed E-state index contributed by atoms with van der Waals surface area (Å²) >= 11 is 7.14. The lowest BCUT2D eigenvalue weighted by Crippen LogP contribution is -2.05. The first-order valence-electron chi connectivity index (χ1n) is 5.93. The molecule has 6 heteroatoms. The Morgan fingerprint density at radius 1 is 1.42 bits per heavy atom. The molecule has 1 atom stereocenters. The van der Waals surface area contributed by atoms with Crippen LogP contribution in [0.4, 0.5) is 4.39 Å². The third kappa shape index (κ3) is 3.29. The van der Waals surface area contributed by atoms with E-state index in [4.69, 9.17) is 11.6 Å². The van der Waals surface area contributed by atoms with Crippen LogP contribution in [0.5, 0.6) is 0 Å². The second kappa shape index (κ2) is 5.94. The van der Waals surface area contributed by atoms with Gasteiger partial charge in [0.15, 0.2) is 0 Å². The second-order valence-corrected chi connectivity index (χ2v) is 5.83. The van der Waals surface area contributed by atoms with Gasteiger partial charge in [0.2, 0.25) is 0 Å². The standard InChI is InChI=1S/C13H14ClFN2OS/c1-7(2)12-13(19-17-16-12)11(18)5-8-3-4-9(15)6-10(8)14/h3-4,6-7,11,18H,5H2,1-2H3. The van der Waals surface area contributed by atoms with Crippen LogP contribution in [-0.2, 0) is 6.42 Å². The Labute approximate surface area is 120 Å². The normalized spacial score (nSPS) is 12.9. The summed E-state index contributed by atoms with van der Waals surface area (Å²) in [6.45, 7) is 4.00. The highest BCUT2D eigenvalue weighted by atomic mass is 35.5. The Bertz CT molecular complexity index is 574. The van der Waals surface area contributed by atoms with Gasteiger partial charge in [0.05, 0.1) is 16.7 Å². The van der Waals surface area contributed by atoms with Crippen LogP contribution in [0.1, 0.15) is 42.0 Å². The van der Waals surface area contributed by atoms with Gasteiger partial charge in [0.25, 0.3) is 0 Å². The predicted molar refractivity (Wildman–Crippen MR) is 74.1 cm³/mol. The van der Waals surface area contributed by atoms with E-state index in [2.05, 4.69) is 9.59 Å². The van der Waals surface area contributed by atoms with Gasteiger partial charge in [-0.05, 0) is 35.1 Å². The van der Waals surface area contributed by atoms with Crippen molar-refractivity contribution in [3.8, 4) is 0 Å². The van der Waals surface area contributed by atoms with Crippen molar-refractivity contribution >= 4 is 23.1 Å². The number of halogens is 2. The molecule has 0 bridgehead atoms. The number of nitrogens with zero attached hydrogens (tertiary/aromatic N) is 2. The van der Waals surface area contributed by atoms with Crippen molar-refractivity contribution in [1.29, 1.82) is 0 Å². The molecule has 0 amide bonds. The Morgan fingerprint density at radius 2 is 2.16 bits per heavy atom. The summed E-state index contributed by atoms with van der Waals surface area (Å²) in [5, 5.41) is 14.6. The van der Waals surface area contributed by atoms with E-state index in [-0.39, 0.29) is 11.7 Å². The quantitative estimate of drug-likeness (QED) is 0.936. The third-order valence-corrected chi connectivity index (χ3v) is 4.01. The molecule has 1 unspecified atom stereocenters. The van der Waals surface area contributed by atoms with Crippen LogP contribution in [-0.4, -0.2) is 14.7 Å². The maximum atomic E-state index is 13.0. The van der Waals surface area contributed by atoms with E-state index in [0.717, 1.165) is 10.6 Å². The Hall–Kier alpha value is -1.04. The molecule has 1 aromatic carbocycles. The minimum atomic E-state index is -0.722. The van der Waals surface area contributed by atoms with Gasteiger partial charge in [0.1, 0.15) is 5.82 Å². The lowest BCUT2D eigenvalue weighted by molar-refractivity contribution is 0.180. The summed E-state index contributed by atoms with van der Waals surface area (Å²) in [5.41, 5.74) is 1.51. The first kappa shape index (κ1) is 14.4. The maximum absolute atomic E-state index is 13.0. The van der Waals surface area contributed by atoms with Gasteiger partial charge in [-0.25, -0.2) is 4.39 Å². The van der Waals surface area contributed by atoms with Crippen LogP contribution in [0, 0.1) is 5.82 Å². The van der Waals surface area contributed by atoms with Crippen LogP contribution < -0.4 is 0 Å². The van der Waals surface area contributed by atoms with Gasteiger partial charge in [0, 0.05) is 11.4 Å². The average Bonchev–Trinajstić information content (AvgIpc) is 2.82. The lowest BCUT2D eigenvalue weighted by Gasteiger charge is -2.12. The number of aliphatic hydroxyl groups excluding tert-OH is 1. The number of aliphatic hydroxyl groups is 1. The fourth-order valence-corrected chi connectivity index (χ4v) is 2.86. The summed E-state index contributed by atoms with van der Waals surface area (Å²) in [6.07, 6.45) is -0.400. The second-order valence-electron chi connectivity index (χ2n) is 4.63. The molecular formula is C13H14ClFN2OS. The van der Waals surface area contributed by atoms with E-state index in [0.29, 0.717) is 17.0 Å². The van der Waals surface area contributed by atoms with Crippen molar-refractivity contribution in [3.05, 3.63) is 45.2 Å². The summed E-state index contributed by atoms with van der Waals surface area (Å²) in [4.78, 5) is 0.746. The number of hydrogen-bond donors (Lipinski definition) is 1. The summed E-state index contributed by atoms with van der Waals surface area (Å²) in [6, 6.07) is 4.17. The Balaban J connectivity index is 2.21. The highest BCUT2D eigenvalue weighted by Crippen LogP contribution is 2.30. The zero-order chi connectivity index (χ0) is 14.0. The number of rotatable bonds is 4. The molecule has 0 saturated carbocycles. The molecule has 2 rings (SSSR count). The molecule has 1 heterocycles. The summed E-state index contributed by atoms with van der Waals surface area (Å²) in [5.74, 6) is -0.183. The van der Waals surface area contributed by atoms with Crippen molar-refractivity contribution < 1.29 is 9.50 Å². The minimum Gasteiger partial charge on any atom is -0.387 e. The fourth-order valence-electron chi connectivity index (χ4n) is 1.82. The van der Waals surface area contributed by atoms with Crippen LogP contribution in [0.2, 0.25) is 5.02 Å². The molecule has 0 saturated heterocycles. The topological polar surface area (TPSA) is 46.0 Å². The van der Waals surface area contributed by atoms with Gasteiger partial charge >= 0.3 is 0 Å². The molecule has 1 aromatic heterocycles. The minimum absolute atomic E-state index is 0.201. The highest BCUT2D eigenvalue weighted by molar-refractivity contribution is 7.05. The first-order chi connectivity index (χ1) is 8.99. The SMILES string of the molecule is CC(C)c1nnsc1C(O)Cc1ccc(F)cc1Cl. The van der Waals surface area contributed by atoms with Crippen molar-refractivity contribution in [2.24, 2.45) is 0 Å². The summed E-state index contributed by atoms with van der Waals surface area (Å²) < 4.78 is 16.8. The van der Waals surface area contributed by atoms with Gasteiger partial charge in [-0.1, -0.05) is 36.0 Å². The van der Waals surface area contributed by atoms with E-state index in [1.165, 1.54) is 23.7 Å².